The molecular formula is C14H18N2O2S3. The topological polar surface area (TPSA) is 58.2 Å². The Morgan fingerprint density at radius 3 is 2.76 bits per heavy atom. The normalized spacial score (nSPS) is 15.5. The first-order chi connectivity index (χ1) is 10.0. The molecule has 4 nitrogen and oxygen atoms in total. The highest BCUT2D eigenvalue weighted by molar-refractivity contribution is 7.89. The third kappa shape index (κ3) is 3.92. The summed E-state index contributed by atoms with van der Waals surface area (Å²) < 4.78 is 27.5. The second-order valence-corrected chi connectivity index (χ2v) is 9.30. The quantitative estimate of drug-likeness (QED) is 0.813. The van der Waals surface area contributed by atoms with Crippen LogP contribution in [0.1, 0.15) is 27.5 Å². The van der Waals surface area contributed by atoms with E-state index in [1.54, 1.807) is 28.7 Å². The summed E-state index contributed by atoms with van der Waals surface area (Å²) in [5, 5.41) is 5.36. The summed E-state index contributed by atoms with van der Waals surface area (Å²) in [7, 11) is -3.43. The summed E-state index contributed by atoms with van der Waals surface area (Å²) >= 11 is 3.11. The van der Waals surface area contributed by atoms with Crippen molar-refractivity contribution in [2.45, 2.75) is 43.8 Å². The molecule has 0 amide bonds. The van der Waals surface area contributed by atoms with E-state index in [-0.39, 0.29) is 0 Å². The average Bonchev–Trinajstić information content (AvgIpc) is 2.97. The maximum Gasteiger partial charge on any atom is 0.242 e. The van der Waals surface area contributed by atoms with Crippen molar-refractivity contribution in [2.24, 2.45) is 0 Å². The molecule has 2 heterocycles. The third-order valence-corrected chi connectivity index (χ3v) is 6.96. The predicted molar refractivity (Wildman–Crippen MR) is 87.3 cm³/mol. The fourth-order valence-electron chi connectivity index (χ4n) is 2.07. The first-order valence-corrected chi connectivity index (χ1v) is 10.1. The molecule has 2 N–H and O–H groups in total. The molecule has 1 fully saturated rings. The molecule has 114 valence electrons. The second-order valence-electron chi connectivity index (χ2n) is 5.19. The molecule has 2 aromatic heterocycles. The largest absolute Gasteiger partial charge is 0.309 e. The van der Waals surface area contributed by atoms with Crippen LogP contribution in [-0.4, -0.2) is 14.5 Å². The highest BCUT2D eigenvalue weighted by Gasteiger charge is 2.23. The van der Waals surface area contributed by atoms with E-state index in [0.717, 1.165) is 21.2 Å². The summed E-state index contributed by atoms with van der Waals surface area (Å²) in [4.78, 5) is 3.36. The Labute approximate surface area is 133 Å². The molecular weight excluding hydrogens is 324 g/mol. The Morgan fingerprint density at radius 1 is 1.29 bits per heavy atom. The Hall–Kier alpha value is -0.730. The van der Waals surface area contributed by atoms with Gasteiger partial charge < -0.3 is 5.32 Å². The Balaban J connectivity index is 1.68. The van der Waals surface area contributed by atoms with Crippen LogP contribution in [0.5, 0.6) is 0 Å². The fourth-order valence-corrected chi connectivity index (χ4v) is 5.39. The lowest BCUT2D eigenvalue weighted by Gasteiger charge is -2.04. The van der Waals surface area contributed by atoms with Crippen LogP contribution < -0.4 is 10.0 Å². The van der Waals surface area contributed by atoms with Gasteiger partial charge in [0.2, 0.25) is 10.0 Å². The zero-order valence-corrected chi connectivity index (χ0v) is 14.2. The summed E-state index contributed by atoms with van der Waals surface area (Å²) in [5.41, 5.74) is 0. The van der Waals surface area contributed by atoms with Gasteiger partial charge in [-0.2, -0.15) is 0 Å². The van der Waals surface area contributed by atoms with Crippen molar-refractivity contribution in [1.29, 1.82) is 0 Å². The molecule has 1 saturated carbocycles. The molecule has 21 heavy (non-hydrogen) atoms. The van der Waals surface area contributed by atoms with Gasteiger partial charge in [0.25, 0.3) is 0 Å². The van der Waals surface area contributed by atoms with Gasteiger partial charge in [0, 0.05) is 33.8 Å². The van der Waals surface area contributed by atoms with Crippen molar-refractivity contribution >= 4 is 32.7 Å². The lowest BCUT2D eigenvalue weighted by molar-refractivity contribution is 0.581. The molecule has 0 radical (unpaired) electrons. The Morgan fingerprint density at radius 2 is 2.10 bits per heavy atom. The van der Waals surface area contributed by atoms with E-state index in [4.69, 9.17) is 0 Å². The highest BCUT2D eigenvalue weighted by atomic mass is 32.2. The van der Waals surface area contributed by atoms with E-state index in [1.807, 2.05) is 24.4 Å². The molecule has 0 aliphatic heterocycles. The SMILES string of the molecule is Cc1sc(CNC2CC2)cc1S(=O)(=O)NCc1cccs1. The molecule has 0 bridgehead atoms. The van der Waals surface area contributed by atoms with E-state index < -0.39 is 10.0 Å². The lowest BCUT2D eigenvalue weighted by atomic mass is 10.4. The molecule has 2 aromatic rings. The summed E-state index contributed by atoms with van der Waals surface area (Å²) in [5.74, 6) is 0. The monoisotopic (exact) mass is 342 g/mol. The molecule has 7 heteroatoms. The molecule has 1 aliphatic rings. The van der Waals surface area contributed by atoms with E-state index >= 15 is 0 Å². The van der Waals surface area contributed by atoms with Crippen LogP contribution in [0.3, 0.4) is 0 Å². The minimum absolute atomic E-state index is 0.352. The van der Waals surface area contributed by atoms with Crippen molar-refractivity contribution in [1.82, 2.24) is 10.0 Å². The minimum atomic E-state index is -3.43. The number of hydrogen-bond acceptors (Lipinski definition) is 5. The van der Waals surface area contributed by atoms with Crippen molar-refractivity contribution in [3.05, 3.63) is 38.2 Å². The van der Waals surface area contributed by atoms with Gasteiger partial charge in [-0.15, -0.1) is 22.7 Å². The van der Waals surface area contributed by atoms with Crippen molar-refractivity contribution < 1.29 is 8.42 Å². The van der Waals surface area contributed by atoms with Gasteiger partial charge in [-0.05, 0) is 37.3 Å². The molecule has 0 saturated heterocycles. The zero-order chi connectivity index (χ0) is 14.9. The van der Waals surface area contributed by atoms with Crippen LogP contribution in [0.2, 0.25) is 0 Å². The van der Waals surface area contributed by atoms with Gasteiger partial charge >= 0.3 is 0 Å². The minimum Gasteiger partial charge on any atom is -0.309 e. The van der Waals surface area contributed by atoms with E-state index in [2.05, 4.69) is 10.0 Å². The molecule has 3 rings (SSSR count). The number of aryl methyl sites for hydroxylation is 1. The van der Waals surface area contributed by atoms with Crippen molar-refractivity contribution in [2.75, 3.05) is 0 Å². The van der Waals surface area contributed by atoms with Gasteiger partial charge in [0.1, 0.15) is 0 Å². The first-order valence-electron chi connectivity index (χ1n) is 6.89. The van der Waals surface area contributed by atoms with Crippen LogP contribution >= 0.6 is 22.7 Å². The molecule has 0 atom stereocenters. The van der Waals surface area contributed by atoms with Crippen LogP contribution in [0.4, 0.5) is 0 Å². The second kappa shape index (κ2) is 6.18. The summed E-state index contributed by atoms with van der Waals surface area (Å²) in [6.45, 7) is 2.98. The Bertz CT molecular complexity index is 701. The van der Waals surface area contributed by atoms with Gasteiger partial charge in [-0.3, -0.25) is 0 Å². The standard InChI is InChI=1S/C14H18N2O2S3/c1-10-14(7-13(20-10)8-15-11-4-5-11)21(17,18)16-9-12-3-2-6-19-12/h2-3,6-7,11,15-16H,4-5,8-9H2,1H3. The molecule has 0 unspecified atom stereocenters. The lowest BCUT2D eigenvalue weighted by Crippen LogP contribution is -2.23. The highest BCUT2D eigenvalue weighted by Crippen LogP contribution is 2.27. The summed E-state index contributed by atoms with van der Waals surface area (Å²) in [6.07, 6.45) is 2.47. The maximum atomic E-state index is 12.4. The molecule has 1 aliphatic carbocycles. The molecule has 0 aromatic carbocycles. The van der Waals surface area contributed by atoms with Gasteiger partial charge in [0.15, 0.2) is 0 Å². The molecule has 0 spiro atoms. The van der Waals surface area contributed by atoms with Crippen LogP contribution in [0, 0.1) is 6.92 Å². The first kappa shape index (κ1) is 15.2. The van der Waals surface area contributed by atoms with E-state index in [9.17, 15) is 8.42 Å². The Kier molecular flexibility index (Phi) is 4.46. The number of hydrogen-bond donors (Lipinski definition) is 2. The van der Waals surface area contributed by atoms with E-state index in [0.29, 0.717) is 17.5 Å². The third-order valence-electron chi connectivity index (χ3n) is 3.37. The fraction of sp³-hybridized carbons (Fsp3) is 0.429. The smallest absolute Gasteiger partial charge is 0.242 e. The number of nitrogens with one attached hydrogen (secondary N) is 2. The predicted octanol–water partition coefficient (Wildman–Crippen LogP) is 2.85. The van der Waals surface area contributed by atoms with Gasteiger partial charge in [-0.25, -0.2) is 13.1 Å². The maximum absolute atomic E-state index is 12.4. The summed E-state index contributed by atoms with van der Waals surface area (Å²) in [6, 6.07) is 6.28. The van der Waals surface area contributed by atoms with Crippen LogP contribution in [0.25, 0.3) is 0 Å². The average molecular weight is 343 g/mol. The number of rotatable bonds is 7. The van der Waals surface area contributed by atoms with Gasteiger partial charge in [-0.1, -0.05) is 6.07 Å². The van der Waals surface area contributed by atoms with Crippen LogP contribution in [0.15, 0.2) is 28.5 Å². The van der Waals surface area contributed by atoms with Crippen molar-refractivity contribution in [3.8, 4) is 0 Å². The van der Waals surface area contributed by atoms with Gasteiger partial charge in [0.05, 0.1) is 4.90 Å². The van der Waals surface area contributed by atoms with E-state index in [1.165, 1.54) is 12.8 Å². The number of thiophene rings is 2. The number of sulfonamides is 1. The zero-order valence-electron chi connectivity index (χ0n) is 11.8. The van der Waals surface area contributed by atoms with Crippen LogP contribution in [-0.2, 0) is 23.1 Å². The van der Waals surface area contributed by atoms with Crippen molar-refractivity contribution in [3.63, 3.8) is 0 Å².